The molecule has 0 bridgehead atoms. The Kier molecular flexibility index (Phi) is 5.07. The number of nitriles is 1. The first-order valence-electron chi connectivity index (χ1n) is 9.70. The molecule has 2 aromatic rings. The highest BCUT2D eigenvalue weighted by molar-refractivity contribution is 6.00. The van der Waals surface area contributed by atoms with E-state index in [9.17, 15) is 14.9 Å². The van der Waals surface area contributed by atoms with Crippen molar-refractivity contribution in [1.82, 2.24) is 15.1 Å². The van der Waals surface area contributed by atoms with E-state index in [1.54, 1.807) is 35.1 Å². The second-order valence-electron chi connectivity index (χ2n) is 7.65. The fourth-order valence-corrected chi connectivity index (χ4v) is 4.11. The van der Waals surface area contributed by atoms with Crippen molar-refractivity contribution in [2.45, 2.75) is 24.8 Å². The molecule has 3 heterocycles. The van der Waals surface area contributed by atoms with Crippen LogP contribution in [0.5, 0.6) is 0 Å². The molecule has 1 atom stereocenters. The third kappa shape index (κ3) is 3.74. The van der Waals surface area contributed by atoms with Crippen molar-refractivity contribution < 1.29 is 14.3 Å². The molecule has 1 aromatic heterocycles. The van der Waals surface area contributed by atoms with Crippen molar-refractivity contribution in [2.24, 2.45) is 13.0 Å². The number of rotatable bonds is 4. The summed E-state index contributed by atoms with van der Waals surface area (Å²) in [5, 5.41) is 16.6. The summed E-state index contributed by atoms with van der Waals surface area (Å²) >= 11 is 0. The Bertz CT molecular complexity index is 971. The SMILES string of the molecule is Cn1cc(N2CC(C(=O)NC3(c4cccc(C#N)c4)CCOCC3)CC2=O)cn1. The normalized spacial score (nSPS) is 21.0. The molecule has 1 N–H and O–H groups in total. The lowest BCUT2D eigenvalue weighted by molar-refractivity contribution is -0.129. The first kappa shape index (κ1) is 19.2. The molecule has 2 amide bonds. The molecule has 29 heavy (non-hydrogen) atoms. The maximum absolute atomic E-state index is 13.2. The summed E-state index contributed by atoms with van der Waals surface area (Å²) in [7, 11) is 1.79. The number of nitrogens with zero attached hydrogens (tertiary/aromatic N) is 4. The highest BCUT2D eigenvalue weighted by Gasteiger charge is 2.41. The van der Waals surface area contributed by atoms with Crippen molar-refractivity contribution in [3.05, 3.63) is 47.8 Å². The predicted molar refractivity (Wildman–Crippen MR) is 105 cm³/mol. The van der Waals surface area contributed by atoms with E-state index in [4.69, 9.17) is 4.74 Å². The van der Waals surface area contributed by atoms with Gasteiger partial charge in [0.1, 0.15) is 0 Å². The predicted octanol–water partition coefficient (Wildman–Crippen LogP) is 1.47. The van der Waals surface area contributed by atoms with Gasteiger partial charge in [0.05, 0.1) is 35.0 Å². The molecule has 0 radical (unpaired) electrons. The van der Waals surface area contributed by atoms with Crippen LogP contribution in [0.1, 0.15) is 30.4 Å². The molecule has 2 aliphatic rings. The van der Waals surface area contributed by atoms with Crippen LogP contribution in [-0.4, -0.2) is 41.4 Å². The molecule has 8 nitrogen and oxygen atoms in total. The van der Waals surface area contributed by atoms with Crippen LogP contribution in [0.2, 0.25) is 0 Å². The number of hydrogen-bond acceptors (Lipinski definition) is 5. The van der Waals surface area contributed by atoms with Crippen LogP contribution in [0.4, 0.5) is 5.69 Å². The summed E-state index contributed by atoms with van der Waals surface area (Å²) in [6.45, 7) is 1.39. The van der Waals surface area contributed by atoms with Gasteiger partial charge in [-0.3, -0.25) is 14.3 Å². The molecule has 2 fully saturated rings. The van der Waals surface area contributed by atoms with Gasteiger partial charge in [-0.2, -0.15) is 10.4 Å². The van der Waals surface area contributed by atoms with Gasteiger partial charge in [-0.25, -0.2) is 0 Å². The van der Waals surface area contributed by atoms with E-state index in [1.807, 2.05) is 18.2 Å². The summed E-state index contributed by atoms with van der Waals surface area (Å²) in [6, 6.07) is 9.51. The van der Waals surface area contributed by atoms with Crippen molar-refractivity contribution in [1.29, 1.82) is 5.26 Å². The van der Waals surface area contributed by atoms with Crippen LogP contribution < -0.4 is 10.2 Å². The Morgan fingerprint density at radius 3 is 2.86 bits per heavy atom. The van der Waals surface area contributed by atoms with Crippen LogP contribution in [0.15, 0.2) is 36.7 Å². The van der Waals surface area contributed by atoms with Gasteiger partial charge in [0, 0.05) is 39.4 Å². The number of aromatic nitrogens is 2. The molecule has 0 aliphatic carbocycles. The van der Waals surface area contributed by atoms with Crippen LogP contribution in [0.25, 0.3) is 0 Å². The van der Waals surface area contributed by atoms with E-state index >= 15 is 0 Å². The summed E-state index contributed by atoms with van der Waals surface area (Å²) in [4.78, 5) is 27.3. The van der Waals surface area contributed by atoms with E-state index in [0.717, 1.165) is 5.56 Å². The van der Waals surface area contributed by atoms with Gasteiger partial charge in [0.2, 0.25) is 11.8 Å². The lowest BCUT2D eigenvalue weighted by Crippen LogP contribution is -2.51. The molecule has 0 saturated carbocycles. The second kappa shape index (κ2) is 7.68. The van der Waals surface area contributed by atoms with Gasteiger partial charge in [-0.05, 0) is 30.5 Å². The zero-order chi connectivity index (χ0) is 20.4. The monoisotopic (exact) mass is 393 g/mol. The summed E-state index contributed by atoms with van der Waals surface area (Å²) < 4.78 is 7.15. The lowest BCUT2D eigenvalue weighted by Gasteiger charge is -2.39. The molecule has 0 spiro atoms. The lowest BCUT2D eigenvalue weighted by atomic mass is 9.81. The number of nitrogens with one attached hydrogen (secondary N) is 1. The summed E-state index contributed by atoms with van der Waals surface area (Å²) in [6.07, 6.45) is 4.82. The van der Waals surface area contributed by atoms with Crippen LogP contribution in [-0.2, 0) is 26.9 Å². The van der Waals surface area contributed by atoms with E-state index in [-0.39, 0.29) is 18.2 Å². The maximum atomic E-state index is 13.2. The van der Waals surface area contributed by atoms with Crippen molar-refractivity contribution in [2.75, 3.05) is 24.7 Å². The van der Waals surface area contributed by atoms with Gasteiger partial charge in [0.15, 0.2) is 0 Å². The molecule has 4 rings (SSSR count). The minimum Gasteiger partial charge on any atom is -0.381 e. The van der Waals surface area contributed by atoms with E-state index < -0.39 is 11.5 Å². The van der Waals surface area contributed by atoms with Gasteiger partial charge >= 0.3 is 0 Å². The molecule has 150 valence electrons. The maximum Gasteiger partial charge on any atom is 0.227 e. The molecule has 8 heteroatoms. The summed E-state index contributed by atoms with van der Waals surface area (Å²) in [5.74, 6) is -0.652. The highest BCUT2D eigenvalue weighted by atomic mass is 16.5. The fourth-order valence-electron chi connectivity index (χ4n) is 4.11. The Labute approximate surface area is 169 Å². The molecular weight excluding hydrogens is 370 g/mol. The number of aryl methyl sites for hydroxylation is 1. The van der Waals surface area contributed by atoms with Crippen LogP contribution in [0, 0.1) is 17.2 Å². The Hall–Kier alpha value is -3.18. The minimum absolute atomic E-state index is 0.0781. The number of benzene rings is 1. The van der Waals surface area contributed by atoms with Crippen LogP contribution >= 0.6 is 0 Å². The number of ether oxygens (including phenoxy) is 1. The zero-order valence-corrected chi connectivity index (χ0v) is 16.3. The minimum atomic E-state index is -0.590. The smallest absolute Gasteiger partial charge is 0.227 e. The van der Waals surface area contributed by atoms with E-state index in [0.29, 0.717) is 43.9 Å². The van der Waals surface area contributed by atoms with E-state index in [1.165, 1.54) is 0 Å². The Morgan fingerprint density at radius 2 is 2.17 bits per heavy atom. The van der Waals surface area contributed by atoms with Crippen molar-refractivity contribution in [3.8, 4) is 6.07 Å². The largest absolute Gasteiger partial charge is 0.381 e. The second-order valence-corrected chi connectivity index (χ2v) is 7.65. The van der Waals surface area contributed by atoms with E-state index in [2.05, 4.69) is 16.5 Å². The average molecular weight is 393 g/mol. The van der Waals surface area contributed by atoms with Gasteiger partial charge in [-0.15, -0.1) is 0 Å². The molecule has 1 aromatic carbocycles. The van der Waals surface area contributed by atoms with Crippen molar-refractivity contribution >= 4 is 17.5 Å². The standard InChI is InChI=1S/C21H23N5O3/c1-25-14-18(12-23-25)26-13-16(10-19(26)27)20(28)24-21(5-7-29-8-6-21)17-4-2-3-15(9-17)11-22/h2-4,9,12,14,16H,5-8,10,13H2,1H3,(H,24,28). The molecule has 2 aliphatic heterocycles. The topological polar surface area (TPSA) is 100 Å². The average Bonchev–Trinajstić information content (AvgIpc) is 3.34. The number of amides is 2. The first-order chi connectivity index (χ1) is 14.0. The quantitative estimate of drug-likeness (QED) is 0.848. The highest BCUT2D eigenvalue weighted by Crippen LogP contribution is 2.34. The Morgan fingerprint density at radius 1 is 1.38 bits per heavy atom. The number of hydrogen-bond donors (Lipinski definition) is 1. The number of carbonyl (C=O) groups excluding carboxylic acids is 2. The number of anilines is 1. The first-order valence-corrected chi connectivity index (χ1v) is 9.70. The van der Waals surface area contributed by atoms with Crippen LogP contribution in [0.3, 0.4) is 0 Å². The molecule has 1 unspecified atom stereocenters. The summed E-state index contributed by atoms with van der Waals surface area (Å²) in [5.41, 5.74) is 1.57. The number of carbonyl (C=O) groups is 2. The third-order valence-electron chi connectivity index (χ3n) is 5.75. The van der Waals surface area contributed by atoms with Gasteiger partial charge in [0.25, 0.3) is 0 Å². The van der Waals surface area contributed by atoms with Gasteiger partial charge < -0.3 is 15.0 Å². The zero-order valence-electron chi connectivity index (χ0n) is 16.3. The van der Waals surface area contributed by atoms with Crippen molar-refractivity contribution in [3.63, 3.8) is 0 Å². The Balaban J connectivity index is 1.54. The molecular formula is C21H23N5O3. The third-order valence-corrected chi connectivity index (χ3v) is 5.75. The van der Waals surface area contributed by atoms with Gasteiger partial charge in [-0.1, -0.05) is 12.1 Å². The fraction of sp³-hybridized carbons (Fsp3) is 0.429. The molecule has 2 saturated heterocycles.